The van der Waals surface area contributed by atoms with Gasteiger partial charge in [-0.1, -0.05) is 34.6 Å². The number of rotatable bonds is 14. The zero-order chi connectivity index (χ0) is 32.6. The van der Waals surface area contributed by atoms with Gasteiger partial charge in [0.2, 0.25) is 0 Å². The number of thiol groups is 1. The lowest BCUT2D eigenvalue weighted by Crippen LogP contribution is -2.52. The Balaban J connectivity index is 0.00000821. The molecule has 1 aliphatic rings. The van der Waals surface area contributed by atoms with Crippen molar-refractivity contribution in [3.05, 3.63) is 0 Å². The molecule has 0 aromatic heterocycles. The van der Waals surface area contributed by atoms with Crippen LogP contribution in [0.5, 0.6) is 0 Å². The van der Waals surface area contributed by atoms with Gasteiger partial charge in [0.25, 0.3) is 0 Å². The molecule has 1 fully saturated rings. The topological polar surface area (TPSA) is 179 Å². The number of carbonyl (C=O) groups is 5. The van der Waals surface area contributed by atoms with Crippen LogP contribution in [0.1, 0.15) is 47.5 Å². The van der Waals surface area contributed by atoms with E-state index in [4.69, 9.17) is 0 Å². The van der Waals surface area contributed by atoms with Gasteiger partial charge in [-0.15, -0.1) is 0 Å². The molecule has 13 nitrogen and oxygen atoms in total. The first-order chi connectivity index (χ1) is 19.5. The van der Waals surface area contributed by atoms with Crippen LogP contribution in [0.25, 0.3) is 0 Å². The number of Topliss-reactive ketones (excluding diaryl/α,β-unsaturated/α-hetero) is 1. The molecule has 1 rings (SSSR count). The molecule has 14 heteroatoms. The molecule has 1 heterocycles. The van der Waals surface area contributed by atoms with E-state index in [1.807, 2.05) is 34.6 Å². The van der Waals surface area contributed by atoms with E-state index in [1.54, 1.807) is 25.9 Å². The standard InChI is InChI=1S/C27H48N4O9.CH4S/c1-19(2)25(38)27(4,5)20(3)6-7-21(26(39)40)31-14-12-29(17-23(34)35)10-8-28(16-22(32)33)9-11-30(13-15-31)18-24(36)37;1-2/h19-21H,6-18H2,1-5H3,(H,32,33)(H,34,35)(H,36,37)(H,39,40);2H,1H3. The van der Waals surface area contributed by atoms with E-state index in [-0.39, 0.29) is 96.0 Å². The molecule has 0 amide bonds. The lowest BCUT2D eigenvalue weighted by Gasteiger charge is -2.37. The summed E-state index contributed by atoms with van der Waals surface area (Å²) in [5.41, 5.74) is -0.628. The molecule has 0 spiro atoms. The van der Waals surface area contributed by atoms with Crippen LogP contribution in [0.15, 0.2) is 0 Å². The average Bonchev–Trinajstić information content (AvgIpc) is 2.89. The fourth-order valence-corrected chi connectivity index (χ4v) is 5.13. The Labute approximate surface area is 255 Å². The molecule has 0 aromatic rings. The van der Waals surface area contributed by atoms with Gasteiger partial charge in [0, 0.05) is 63.7 Å². The van der Waals surface area contributed by atoms with Crippen molar-refractivity contribution >= 4 is 42.3 Å². The summed E-state index contributed by atoms with van der Waals surface area (Å²) in [5, 5.41) is 38.3. The Morgan fingerprint density at radius 2 is 0.976 bits per heavy atom. The van der Waals surface area contributed by atoms with Crippen molar-refractivity contribution in [3.8, 4) is 0 Å². The van der Waals surface area contributed by atoms with Gasteiger partial charge in [0.15, 0.2) is 0 Å². The van der Waals surface area contributed by atoms with Crippen LogP contribution in [-0.2, 0) is 24.0 Å². The maximum Gasteiger partial charge on any atom is 0.320 e. The summed E-state index contributed by atoms with van der Waals surface area (Å²) in [4.78, 5) is 66.3. The number of aliphatic carboxylic acids is 4. The first kappa shape index (κ1) is 39.7. The highest BCUT2D eigenvalue weighted by Gasteiger charge is 2.36. The van der Waals surface area contributed by atoms with Gasteiger partial charge in [0.05, 0.1) is 19.6 Å². The Morgan fingerprint density at radius 3 is 1.26 bits per heavy atom. The van der Waals surface area contributed by atoms with Crippen LogP contribution in [0, 0.1) is 17.3 Å². The van der Waals surface area contributed by atoms with Crippen LogP contribution in [0.4, 0.5) is 0 Å². The zero-order valence-electron chi connectivity index (χ0n) is 26.0. The normalized spacial score (nSPS) is 18.6. The third kappa shape index (κ3) is 14.8. The molecule has 0 aromatic carbocycles. The largest absolute Gasteiger partial charge is 0.480 e. The van der Waals surface area contributed by atoms with Crippen molar-refractivity contribution in [3.63, 3.8) is 0 Å². The van der Waals surface area contributed by atoms with Gasteiger partial charge < -0.3 is 20.4 Å². The van der Waals surface area contributed by atoms with Crippen LogP contribution >= 0.6 is 12.6 Å². The first-order valence-corrected chi connectivity index (χ1v) is 15.2. The minimum atomic E-state index is -1.04. The minimum absolute atomic E-state index is 0.0797. The van der Waals surface area contributed by atoms with E-state index >= 15 is 0 Å². The SMILES string of the molecule is CC(C)C(=O)C(C)(C)C(C)CCC(C(=O)O)N1CCN(CC(=O)O)CCN(CC(=O)O)CCN(CC(=O)O)CC1.CS. The second-order valence-electron chi connectivity index (χ2n) is 11.6. The molecule has 1 aliphatic heterocycles. The number of ketones is 1. The highest BCUT2D eigenvalue weighted by atomic mass is 32.1. The average molecular weight is 621 g/mol. The molecule has 0 bridgehead atoms. The predicted octanol–water partition coefficient (Wildman–Crippen LogP) is 1.13. The highest BCUT2D eigenvalue weighted by Crippen LogP contribution is 2.34. The zero-order valence-corrected chi connectivity index (χ0v) is 26.9. The second kappa shape index (κ2) is 19.8. The quantitative estimate of drug-likeness (QED) is 0.175. The summed E-state index contributed by atoms with van der Waals surface area (Å²) in [7, 11) is 0. The smallest absolute Gasteiger partial charge is 0.320 e. The van der Waals surface area contributed by atoms with Gasteiger partial charge in [-0.05, 0) is 25.0 Å². The Hall–Kier alpha value is -2.26. The molecular formula is C28H52N4O9S. The fraction of sp³-hybridized carbons (Fsp3) is 0.821. The van der Waals surface area contributed by atoms with E-state index in [9.17, 15) is 44.4 Å². The first-order valence-electron chi connectivity index (χ1n) is 14.3. The minimum Gasteiger partial charge on any atom is -0.480 e. The predicted molar refractivity (Wildman–Crippen MR) is 162 cm³/mol. The molecule has 42 heavy (non-hydrogen) atoms. The van der Waals surface area contributed by atoms with Crippen molar-refractivity contribution < 1.29 is 44.4 Å². The summed E-state index contributed by atoms with van der Waals surface area (Å²) in [5.74, 6) is -4.27. The Bertz CT molecular complexity index is 855. The molecule has 0 saturated carbocycles. The second-order valence-corrected chi connectivity index (χ2v) is 11.6. The molecular weight excluding hydrogens is 568 g/mol. The lowest BCUT2D eigenvalue weighted by atomic mass is 9.71. The number of hydrogen-bond donors (Lipinski definition) is 5. The van der Waals surface area contributed by atoms with Crippen molar-refractivity contribution in [2.75, 3.05) is 78.2 Å². The summed E-state index contributed by atoms with van der Waals surface area (Å²) in [6.45, 7) is 10.6. The molecule has 0 radical (unpaired) electrons. The van der Waals surface area contributed by atoms with Crippen LogP contribution < -0.4 is 0 Å². The van der Waals surface area contributed by atoms with E-state index in [0.717, 1.165) is 0 Å². The summed E-state index contributed by atoms with van der Waals surface area (Å²) < 4.78 is 0. The molecule has 244 valence electrons. The summed E-state index contributed by atoms with van der Waals surface area (Å²) in [6, 6.07) is -0.905. The van der Waals surface area contributed by atoms with Crippen molar-refractivity contribution in [1.29, 1.82) is 0 Å². The maximum absolute atomic E-state index is 12.8. The van der Waals surface area contributed by atoms with E-state index in [1.165, 1.54) is 0 Å². The van der Waals surface area contributed by atoms with Gasteiger partial charge in [-0.2, -0.15) is 12.6 Å². The fourth-order valence-electron chi connectivity index (χ4n) is 5.13. The highest BCUT2D eigenvalue weighted by molar-refractivity contribution is 7.79. The number of hydrogen-bond acceptors (Lipinski definition) is 10. The Kier molecular flexibility index (Phi) is 18.8. The van der Waals surface area contributed by atoms with E-state index < -0.39 is 35.3 Å². The van der Waals surface area contributed by atoms with Gasteiger partial charge in [0.1, 0.15) is 11.8 Å². The van der Waals surface area contributed by atoms with E-state index in [2.05, 4.69) is 12.6 Å². The van der Waals surface area contributed by atoms with Crippen LogP contribution in [0.2, 0.25) is 0 Å². The Morgan fingerprint density at radius 1 is 0.643 bits per heavy atom. The third-order valence-electron chi connectivity index (χ3n) is 7.94. The molecule has 0 aliphatic carbocycles. The summed E-state index contributed by atoms with van der Waals surface area (Å²) in [6.07, 6.45) is 2.45. The number of carbonyl (C=O) groups excluding carboxylic acids is 1. The molecule has 2 atom stereocenters. The van der Waals surface area contributed by atoms with Crippen molar-refractivity contribution in [1.82, 2.24) is 19.6 Å². The van der Waals surface area contributed by atoms with Crippen LogP contribution in [-0.4, -0.2) is 154 Å². The third-order valence-corrected chi connectivity index (χ3v) is 7.94. The van der Waals surface area contributed by atoms with E-state index in [0.29, 0.717) is 6.42 Å². The summed E-state index contributed by atoms with van der Waals surface area (Å²) >= 11 is 3.53. The molecule has 2 unspecified atom stereocenters. The van der Waals surface area contributed by atoms with Gasteiger partial charge in [-0.3, -0.25) is 43.6 Å². The molecule has 4 N–H and O–H groups in total. The van der Waals surface area contributed by atoms with Crippen molar-refractivity contribution in [2.45, 2.75) is 53.5 Å². The molecule has 1 saturated heterocycles. The monoisotopic (exact) mass is 620 g/mol. The van der Waals surface area contributed by atoms with Crippen molar-refractivity contribution in [2.24, 2.45) is 17.3 Å². The number of carboxylic acid groups (broad SMARTS) is 4. The van der Waals surface area contributed by atoms with Gasteiger partial charge >= 0.3 is 23.9 Å². The number of carboxylic acids is 4. The lowest BCUT2D eigenvalue weighted by molar-refractivity contribution is -0.145. The van der Waals surface area contributed by atoms with Gasteiger partial charge in [-0.25, -0.2) is 0 Å². The maximum atomic E-state index is 12.8. The van der Waals surface area contributed by atoms with Crippen LogP contribution in [0.3, 0.4) is 0 Å². The number of nitrogens with zero attached hydrogens (tertiary/aromatic N) is 4.